The lowest BCUT2D eigenvalue weighted by atomic mass is 10.0. The predicted molar refractivity (Wildman–Crippen MR) is 167 cm³/mol. The Morgan fingerprint density at radius 1 is 0.810 bits per heavy atom. The Kier molecular flexibility index (Phi) is 11.3. The number of anilines is 2. The van der Waals surface area contributed by atoms with Crippen molar-refractivity contribution in [1.82, 2.24) is 9.80 Å². The van der Waals surface area contributed by atoms with Crippen LogP contribution in [0.2, 0.25) is 0 Å². The van der Waals surface area contributed by atoms with E-state index in [-0.39, 0.29) is 18.4 Å². The molecule has 8 nitrogen and oxygen atoms in total. The highest BCUT2D eigenvalue weighted by atomic mass is 16.6. The molecule has 8 heteroatoms. The maximum absolute atomic E-state index is 13.5. The summed E-state index contributed by atoms with van der Waals surface area (Å²) < 4.78 is 5.26. The zero-order valence-corrected chi connectivity index (χ0v) is 25.2. The fraction of sp³-hybridized carbons (Fsp3) is 0.324. The zero-order valence-electron chi connectivity index (χ0n) is 25.2. The molecular formula is C34H40N4O4. The second-order valence-corrected chi connectivity index (χ2v) is 11.1. The molecular weight excluding hydrogens is 528 g/mol. The van der Waals surface area contributed by atoms with E-state index in [0.717, 1.165) is 23.1 Å². The van der Waals surface area contributed by atoms with Crippen molar-refractivity contribution in [2.45, 2.75) is 45.8 Å². The lowest BCUT2D eigenvalue weighted by molar-refractivity contribution is -0.139. The summed E-state index contributed by atoms with van der Waals surface area (Å²) in [5.41, 5.74) is 3.13. The van der Waals surface area contributed by atoms with Gasteiger partial charge in [-0.2, -0.15) is 0 Å². The number of nitrogens with zero attached hydrogens (tertiary/aromatic N) is 2. The number of hydrogen-bond donors (Lipinski definition) is 2. The SMILES string of the molecule is CCCN(CC(=O)Nc1ccc(C#Cc2ccc(NC(=O)OC(C)(C)C)cc2)cc1)C(=O)C(c1ccccc1)N(C)C. The molecule has 1 atom stereocenters. The second-order valence-electron chi connectivity index (χ2n) is 11.1. The summed E-state index contributed by atoms with van der Waals surface area (Å²) >= 11 is 0. The minimum atomic E-state index is -0.569. The number of carbonyl (C=O) groups excluding carboxylic acids is 3. The van der Waals surface area contributed by atoms with Crippen LogP contribution in [-0.4, -0.2) is 60.5 Å². The molecule has 2 N–H and O–H groups in total. The van der Waals surface area contributed by atoms with Crippen molar-refractivity contribution >= 4 is 29.3 Å². The van der Waals surface area contributed by atoms with Crippen LogP contribution in [0.1, 0.15) is 56.8 Å². The van der Waals surface area contributed by atoms with Crippen LogP contribution in [0.4, 0.5) is 16.2 Å². The maximum atomic E-state index is 13.5. The van der Waals surface area contributed by atoms with Gasteiger partial charge in [0.25, 0.3) is 0 Å². The standard InChI is InChI=1S/C34H40N4O4/c1-7-23-38(32(40)31(37(5)6)27-11-9-8-10-12-27)24-30(39)35-28-19-15-25(16-20-28)13-14-26-17-21-29(22-18-26)36-33(41)42-34(2,3)4/h8-12,15-22,31H,7,23-24H2,1-6H3,(H,35,39)(H,36,41). The number of carbonyl (C=O) groups is 3. The van der Waals surface area contributed by atoms with Gasteiger partial charge in [0.05, 0.1) is 6.54 Å². The van der Waals surface area contributed by atoms with Gasteiger partial charge in [-0.05, 0) is 95.4 Å². The van der Waals surface area contributed by atoms with Gasteiger partial charge >= 0.3 is 6.09 Å². The molecule has 0 heterocycles. The monoisotopic (exact) mass is 568 g/mol. The van der Waals surface area contributed by atoms with E-state index in [4.69, 9.17) is 4.74 Å². The van der Waals surface area contributed by atoms with E-state index in [0.29, 0.717) is 17.9 Å². The lowest BCUT2D eigenvalue weighted by Crippen LogP contribution is -2.44. The molecule has 0 saturated carbocycles. The van der Waals surface area contributed by atoms with E-state index in [2.05, 4.69) is 22.5 Å². The number of likely N-dealkylation sites (N-methyl/N-ethyl adjacent to an activating group) is 1. The summed E-state index contributed by atoms with van der Waals surface area (Å²) in [6.07, 6.45) is 0.229. The first-order chi connectivity index (χ1) is 19.9. The van der Waals surface area contributed by atoms with Gasteiger partial charge < -0.3 is 15.0 Å². The van der Waals surface area contributed by atoms with Crippen molar-refractivity contribution < 1.29 is 19.1 Å². The third kappa shape index (κ3) is 10.1. The summed E-state index contributed by atoms with van der Waals surface area (Å²) in [7, 11) is 3.73. The fourth-order valence-corrected chi connectivity index (χ4v) is 4.22. The molecule has 0 saturated heterocycles. The zero-order chi connectivity index (χ0) is 30.7. The molecule has 3 amide bonds. The van der Waals surface area contributed by atoms with Crippen LogP contribution in [-0.2, 0) is 14.3 Å². The number of hydrogen-bond acceptors (Lipinski definition) is 5. The average Bonchev–Trinajstić information content (AvgIpc) is 2.92. The van der Waals surface area contributed by atoms with Crippen LogP contribution in [0.25, 0.3) is 0 Å². The van der Waals surface area contributed by atoms with Crippen LogP contribution in [0.5, 0.6) is 0 Å². The Bertz CT molecular complexity index is 1400. The van der Waals surface area contributed by atoms with E-state index >= 15 is 0 Å². The van der Waals surface area contributed by atoms with Gasteiger partial charge in [-0.25, -0.2) is 4.79 Å². The number of ether oxygens (including phenoxy) is 1. The predicted octanol–water partition coefficient (Wildman–Crippen LogP) is 5.91. The van der Waals surface area contributed by atoms with Crippen LogP contribution < -0.4 is 10.6 Å². The van der Waals surface area contributed by atoms with E-state index < -0.39 is 17.7 Å². The first kappa shape index (κ1) is 31.9. The molecule has 0 aromatic heterocycles. The maximum Gasteiger partial charge on any atom is 0.412 e. The molecule has 1 unspecified atom stereocenters. The third-order valence-corrected chi connectivity index (χ3v) is 6.06. The van der Waals surface area contributed by atoms with Gasteiger partial charge in [0, 0.05) is 29.0 Å². The van der Waals surface area contributed by atoms with E-state index in [1.807, 2.05) is 101 Å². The van der Waals surface area contributed by atoms with E-state index in [9.17, 15) is 14.4 Å². The molecule has 0 radical (unpaired) electrons. The highest BCUT2D eigenvalue weighted by molar-refractivity contribution is 5.95. The fourth-order valence-electron chi connectivity index (χ4n) is 4.22. The van der Waals surface area contributed by atoms with E-state index in [1.165, 1.54) is 0 Å². The second kappa shape index (κ2) is 14.9. The molecule has 42 heavy (non-hydrogen) atoms. The molecule has 0 bridgehead atoms. The van der Waals surface area contributed by atoms with Gasteiger partial charge in [-0.15, -0.1) is 0 Å². The largest absolute Gasteiger partial charge is 0.444 e. The Hall–Kier alpha value is -4.61. The molecule has 0 spiro atoms. The summed E-state index contributed by atoms with van der Waals surface area (Å²) in [6, 6.07) is 23.5. The minimum Gasteiger partial charge on any atom is -0.444 e. The van der Waals surface area contributed by atoms with Crippen LogP contribution in [0, 0.1) is 11.8 Å². The molecule has 0 aliphatic rings. The molecule has 220 valence electrons. The number of amides is 3. The average molecular weight is 569 g/mol. The first-order valence-corrected chi connectivity index (χ1v) is 14.0. The Morgan fingerprint density at radius 3 is 1.81 bits per heavy atom. The Labute approximate surface area is 249 Å². The highest BCUT2D eigenvalue weighted by Gasteiger charge is 2.28. The molecule has 3 aromatic rings. The molecule has 3 aromatic carbocycles. The van der Waals surface area contributed by atoms with Gasteiger partial charge in [0.2, 0.25) is 11.8 Å². The molecule has 0 fully saturated rings. The van der Waals surface area contributed by atoms with Crippen LogP contribution >= 0.6 is 0 Å². The van der Waals surface area contributed by atoms with Crippen molar-refractivity contribution in [2.75, 3.05) is 37.8 Å². The lowest BCUT2D eigenvalue weighted by Gasteiger charge is -2.30. The van der Waals surface area contributed by atoms with Crippen LogP contribution in [0.3, 0.4) is 0 Å². The number of nitrogens with one attached hydrogen (secondary N) is 2. The number of rotatable bonds is 9. The third-order valence-electron chi connectivity index (χ3n) is 6.06. The van der Waals surface area contributed by atoms with Crippen molar-refractivity contribution in [1.29, 1.82) is 0 Å². The van der Waals surface area contributed by atoms with Crippen molar-refractivity contribution in [3.05, 3.63) is 95.6 Å². The molecule has 0 aliphatic heterocycles. The van der Waals surface area contributed by atoms with Gasteiger partial charge in [0.15, 0.2) is 0 Å². The minimum absolute atomic E-state index is 0.0375. The van der Waals surface area contributed by atoms with Gasteiger partial charge in [-0.3, -0.25) is 19.8 Å². The summed E-state index contributed by atoms with van der Waals surface area (Å²) in [5.74, 6) is 5.83. The molecule has 3 rings (SSSR count). The number of benzene rings is 3. The smallest absolute Gasteiger partial charge is 0.412 e. The summed E-state index contributed by atoms with van der Waals surface area (Å²) in [6.45, 7) is 7.86. The first-order valence-electron chi connectivity index (χ1n) is 14.0. The summed E-state index contributed by atoms with van der Waals surface area (Å²) in [5, 5.41) is 5.59. The van der Waals surface area contributed by atoms with E-state index in [1.54, 1.807) is 29.2 Å². The van der Waals surface area contributed by atoms with Crippen LogP contribution in [0.15, 0.2) is 78.9 Å². The quantitative estimate of drug-likeness (QED) is 0.313. The Morgan fingerprint density at radius 2 is 1.33 bits per heavy atom. The summed E-state index contributed by atoms with van der Waals surface area (Å²) in [4.78, 5) is 41.8. The van der Waals surface area contributed by atoms with Gasteiger partial charge in [-0.1, -0.05) is 49.1 Å². The van der Waals surface area contributed by atoms with Crippen molar-refractivity contribution in [2.24, 2.45) is 0 Å². The molecule has 0 aliphatic carbocycles. The normalized spacial score (nSPS) is 11.6. The van der Waals surface area contributed by atoms with Gasteiger partial charge in [0.1, 0.15) is 11.6 Å². The topological polar surface area (TPSA) is 91.0 Å². The van der Waals surface area contributed by atoms with Crippen molar-refractivity contribution in [3.63, 3.8) is 0 Å². The highest BCUT2D eigenvalue weighted by Crippen LogP contribution is 2.21. The Balaban J connectivity index is 1.59. The van der Waals surface area contributed by atoms with Crippen molar-refractivity contribution in [3.8, 4) is 11.8 Å².